The summed E-state index contributed by atoms with van der Waals surface area (Å²) in [6.07, 6.45) is 3.99. The number of nitrogens with one attached hydrogen (secondary N) is 1. The molecule has 0 aliphatic rings. The van der Waals surface area contributed by atoms with Crippen molar-refractivity contribution in [3.8, 4) is 11.3 Å². The molecule has 0 saturated heterocycles. The number of carbonyl (C=O) groups is 1. The molecule has 2 heterocycles. The van der Waals surface area contributed by atoms with E-state index in [1.165, 1.54) is 0 Å². The standard InChI is InChI=1S/C20H17N3OS2/c1-2-25-18-9-4-3-8-16(18)19(24)21-15-7-5-6-14(12-15)17-13-23-10-11-26-20(23)22-17/h3-13H,2H2,1H3,(H,21,24). The number of benzene rings is 2. The number of nitrogens with zero attached hydrogens (tertiary/aromatic N) is 2. The third-order valence-electron chi connectivity index (χ3n) is 3.94. The third kappa shape index (κ3) is 3.38. The van der Waals surface area contributed by atoms with E-state index in [2.05, 4.69) is 17.2 Å². The van der Waals surface area contributed by atoms with Gasteiger partial charge in [-0.15, -0.1) is 23.1 Å². The second-order valence-electron chi connectivity index (χ2n) is 5.68. The van der Waals surface area contributed by atoms with E-state index in [0.29, 0.717) is 5.56 Å². The summed E-state index contributed by atoms with van der Waals surface area (Å²) in [6.45, 7) is 2.08. The van der Waals surface area contributed by atoms with Crippen molar-refractivity contribution in [1.82, 2.24) is 9.38 Å². The molecule has 4 rings (SSSR count). The second kappa shape index (κ2) is 7.35. The lowest BCUT2D eigenvalue weighted by Gasteiger charge is -2.10. The van der Waals surface area contributed by atoms with E-state index >= 15 is 0 Å². The molecule has 4 nitrogen and oxygen atoms in total. The fraction of sp³-hybridized carbons (Fsp3) is 0.100. The van der Waals surface area contributed by atoms with Gasteiger partial charge in [0.05, 0.1) is 11.3 Å². The van der Waals surface area contributed by atoms with Gasteiger partial charge in [0.2, 0.25) is 0 Å². The molecule has 0 aliphatic heterocycles. The maximum atomic E-state index is 12.7. The van der Waals surface area contributed by atoms with E-state index < -0.39 is 0 Å². The van der Waals surface area contributed by atoms with Crippen molar-refractivity contribution >= 4 is 39.7 Å². The Morgan fingerprint density at radius 1 is 1.23 bits per heavy atom. The average molecular weight is 380 g/mol. The lowest BCUT2D eigenvalue weighted by atomic mass is 10.1. The molecule has 0 aliphatic carbocycles. The third-order valence-corrected chi connectivity index (χ3v) is 5.67. The first kappa shape index (κ1) is 16.9. The SMILES string of the molecule is CCSc1ccccc1C(=O)Nc1cccc(-c2cn3ccsc3n2)c1. The van der Waals surface area contributed by atoms with Crippen molar-refractivity contribution in [3.63, 3.8) is 0 Å². The highest BCUT2D eigenvalue weighted by molar-refractivity contribution is 7.99. The van der Waals surface area contributed by atoms with Gasteiger partial charge in [-0.3, -0.25) is 9.20 Å². The summed E-state index contributed by atoms with van der Waals surface area (Å²) in [4.78, 5) is 19.3. The van der Waals surface area contributed by atoms with Crippen molar-refractivity contribution in [2.45, 2.75) is 11.8 Å². The maximum Gasteiger partial charge on any atom is 0.256 e. The van der Waals surface area contributed by atoms with Gasteiger partial charge in [0, 0.05) is 33.9 Å². The van der Waals surface area contributed by atoms with Crippen LogP contribution in [0.25, 0.3) is 16.2 Å². The number of hydrogen-bond acceptors (Lipinski definition) is 4. The molecular weight excluding hydrogens is 362 g/mol. The van der Waals surface area contributed by atoms with Crippen molar-refractivity contribution < 1.29 is 4.79 Å². The number of hydrogen-bond donors (Lipinski definition) is 1. The minimum absolute atomic E-state index is 0.0930. The molecule has 0 fully saturated rings. The van der Waals surface area contributed by atoms with Gasteiger partial charge in [-0.05, 0) is 30.0 Å². The molecule has 6 heteroatoms. The fourth-order valence-electron chi connectivity index (χ4n) is 2.76. The predicted octanol–water partition coefficient (Wildman–Crippen LogP) is 5.43. The number of aromatic nitrogens is 2. The molecule has 1 amide bonds. The summed E-state index contributed by atoms with van der Waals surface area (Å²) in [5, 5.41) is 5.02. The average Bonchev–Trinajstić information content (AvgIpc) is 3.25. The Morgan fingerprint density at radius 3 is 2.96 bits per heavy atom. The van der Waals surface area contributed by atoms with Crippen molar-refractivity contribution in [2.75, 3.05) is 11.1 Å². The number of imidazole rings is 1. The van der Waals surface area contributed by atoms with E-state index in [9.17, 15) is 4.79 Å². The summed E-state index contributed by atoms with van der Waals surface area (Å²) >= 11 is 3.27. The molecular formula is C20H17N3OS2. The summed E-state index contributed by atoms with van der Waals surface area (Å²) < 4.78 is 2.00. The molecule has 0 spiro atoms. The van der Waals surface area contributed by atoms with E-state index in [4.69, 9.17) is 0 Å². The van der Waals surface area contributed by atoms with Gasteiger partial charge >= 0.3 is 0 Å². The number of thioether (sulfide) groups is 1. The molecule has 26 heavy (non-hydrogen) atoms. The van der Waals surface area contributed by atoms with Crippen LogP contribution in [0.2, 0.25) is 0 Å². The van der Waals surface area contributed by atoms with Crippen LogP contribution >= 0.6 is 23.1 Å². The van der Waals surface area contributed by atoms with E-state index in [0.717, 1.165) is 32.6 Å². The Hall–Kier alpha value is -2.57. The maximum absolute atomic E-state index is 12.7. The molecule has 0 unspecified atom stereocenters. The Kier molecular flexibility index (Phi) is 4.77. The monoisotopic (exact) mass is 379 g/mol. The van der Waals surface area contributed by atoms with Crippen molar-refractivity contribution in [1.29, 1.82) is 0 Å². The zero-order valence-electron chi connectivity index (χ0n) is 14.2. The van der Waals surface area contributed by atoms with Crippen molar-refractivity contribution in [2.24, 2.45) is 0 Å². The Labute approximate surface area is 159 Å². The van der Waals surface area contributed by atoms with Crippen LogP contribution in [0.1, 0.15) is 17.3 Å². The minimum atomic E-state index is -0.0930. The van der Waals surface area contributed by atoms with Crippen molar-refractivity contribution in [3.05, 3.63) is 71.9 Å². The Morgan fingerprint density at radius 2 is 2.12 bits per heavy atom. The highest BCUT2D eigenvalue weighted by Crippen LogP contribution is 2.26. The number of amides is 1. The van der Waals surface area contributed by atoms with Crippen LogP contribution in [-0.4, -0.2) is 21.0 Å². The molecule has 2 aromatic carbocycles. The lowest BCUT2D eigenvalue weighted by Crippen LogP contribution is -2.13. The quantitative estimate of drug-likeness (QED) is 0.471. The van der Waals surface area contributed by atoms with Gasteiger partial charge in [0.25, 0.3) is 5.91 Å². The first-order valence-corrected chi connectivity index (χ1v) is 10.2. The second-order valence-corrected chi connectivity index (χ2v) is 7.86. The van der Waals surface area contributed by atoms with Crippen LogP contribution in [0.3, 0.4) is 0 Å². The molecule has 1 N–H and O–H groups in total. The first-order valence-electron chi connectivity index (χ1n) is 8.30. The van der Waals surface area contributed by atoms with Gasteiger partial charge in [-0.25, -0.2) is 4.98 Å². The topological polar surface area (TPSA) is 46.4 Å². The number of carbonyl (C=O) groups excluding carboxylic acids is 1. The van der Waals surface area contributed by atoms with Gasteiger partial charge in [0.15, 0.2) is 4.96 Å². The van der Waals surface area contributed by atoms with Crippen LogP contribution in [0.15, 0.2) is 71.2 Å². The number of anilines is 1. The fourth-order valence-corrected chi connectivity index (χ4v) is 4.26. The summed E-state index contributed by atoms with van der Waals surface area (Å²) in [6, 6.07) is 15.5. The van der Waals surface area contributed by atoms with Gasteiger partial charge in [0.1, 0.15) is 0 Å². The molecule has 0 atom stereocenters. The minimum Gasteiger partial charge on any atom is -0.322 e. The Bertz CT molecular complexity index is 1040. The zero-order valence-corrected chi connectivity index (χ0v) is 15.8. The van der Waals surface area contributed by atoms with E-state index in [-0.39, 0.29) is 5.91 Å². The Balaban J connectivity index is 1.59. The van der Waals surface area contributed by atoms with Gasteiger partial charge in [-0.2, -0.15) is 0 Å². The van der Waals surface area contributed by atoms with E-state index in [1.54, 1.807) is 23.1 Å². The molecule has 0 bridgehead atoms. The molecule has 0 radical (unpaired) electrons. The predicted molar refractivity (Wildman–Crippen MR) is 109 cm³/mol. The van der Waals surface area contributed by atoms with Crippen LogP contribution in [0.5, 0.6) is 0 Å². The largest absolute Gasteiger partial charge is 0.322 e. The first-order chi connectivity index (χ1) is 12.7. The molecule has 130 valence electrons. The highest BCUT2D eigenvalue weighted by atomic mass is 32.2. The van der Waals surface area contributed by atoms with Crippen LogP contribution in [-0.2, 0) is 0 Å². The smallest absolute Gasteiger partial charge is 0.256 e. The van der Waals surface area contributed by atoms with Crippen LogP contribution in [0.4, 0.5) is 5.69 Å². The molecule has 2 aromatic heterocycles. The number of thiazole rings is 1. The van der Waals surface area contributed by atoms with Gasteiger partial charge in [-0.1, -0.05) is 31.2 Å². The molecule has 4 aromatic rings. The molecule has 0 saturated carbocycles. The number of fused-ring (bicyclic) bond motifs is 1. The van der Waals surface area contributed by atoms with Crippen LogP contribution < -0.4 is 5.32 Å². The zero-order chi connectivity index (χ0) is 17.9. The van der Waals surface area contributed by atoms with Crippen LogP contribution in [0, 0.1) is 0 Å². The lowest BCUT2D eigenvalue weighted by molar-refractivity contribution is 0.102. The number of rotatable bonds is 5. The summed E-state index contributed by atoms with van der Waals surface area (Å²) in [5.41, 5.74) is 3.34. The van der Waals surface area contributed by atoms with E-state index in [1.807, 2.05) is 70.7 Å². The highest BCUT2D eigenvalue weighted by Gasteiger charge is 2.12. The summed E-state index contributed by atoms with van der Waals surface area (Å²) in [5.74, 6) is 0.835. The normalized spacial score (nSPS) is 11.0. The summed E-state index contributed by atoms with van der Waals surface area (Å²) in [7, 11) is 0. The van der Waals surface area contributed by atoms with Gasteiger partial charge < -0.3 is 5.32 Å².